The minimum absolute atomic E-state index is 0.377. The zero-order valence-electron chi connectivity index (χ0n) is 8.73. The first-order chi connectivity index (χ1) is 7.13. The largest absolute Gasteiger partial charge is 0.398 e. The molecule has 0 saturated heterocycles. The van der Waals surface area contributed by atoms with Crippen LogP contribution in [-0.2, 0) is 0 Å². The van der Waals surface area contributed by atoms with E-state index in [1.807, 2.05) is 13.0 Å². The molecule has 0 aliphatic carbocycles. The van der Waals surface area contributed by atoms with E-state index >= 15 is 0 Å². The standard InChI is InChI=1S/C7H8N2O.C4H7N/c8-6-4-2-1-3-5(6)7(9)10;1-2-3-4-5/h1-4H,8H2,(H2,9,10);2-3H2,1H3. The lowest BCUT2D eigenvalue weighted by atomic mass is 10.2. The molecule has 0 heterocycles. The van der Waals surface area contributed by atoms with Crippen LogP contribution in [0, 0.1) is 11.3 Å². The van der Waals surface area contributed by atoms with Gasteiger partial charge in [-0.05, 0) is 18.6 Å². The number of primary amides is 1. The van der Waals surface area contributed by atoms with Gasteiger partial charge in [-0.3, -0.25) is 4.79 Å². The summed E-state index contributed by atoms with van der Waals surface area (Å²) in [5, 5.41) is 7.82. The van der Waals surface area contributed by atoms with Crippen molar-refractivity contribution < 1.29 is 4.79 Å². The van der Waals surface area contributed by atoms with E-state index in [1.165, 1.54) is 0 Å². The molecule has 1 rings (SSSR count). The minimum atomic E-state index is -0.488. The highest BCUT2D eigenvalue weighted by Crippen LogP contribution is 2.08. The summed E-state index contributed by atoms with van der Waals surface area (Å²) < 4.78 is 0. The molecule has 1 aromatic carbocycles. The Morgan fingerprint density at radius 3 is 2.33 bits per heavy atom. The average molecular weight is 205 g/mol. The third-order valence-electron chi connectivity index (χ3n) is 1.59. The number of hydrogen-bond donors (Lipinski definition) is 2. The van der Waals surface area contributed by atoms with Crippen LogP contribution in [0.3, 0.4) is 0 Å². The Morgan fingerprint density at radius 2 is 2.07 bits per heavy atom. The number of hydrogen-bond acceptors (Lipinski definition) is 3. The molecule has 0 atom stereocenters. The van der Waals surface area contributed by atoms with Crippen molar-refractivity contribution in [1.29, 1.82) is 5.26 Å². The van der Waals surface area contributed by atoms with Crippen molar-refractivity contribution in [2.24, 2.45) is 5.73 Å². The molecule has 0 aromatic heterocycles. The van der Waals surface area contributed by atoms with E-state index in [4.69, 9.17) is 16.7 Å². The van der Waals surface area contributed by atoms with Crippen LogP contribution in [-0.4, -0.2) is 5.91 Å². The zero-order chi connectivity index (χ0) is 11.7. The Bertz CT molecular complexity index is 355. The number of anilines is 1. The van der Waals surface area contributed by atoms with Crippen LogP contribution >= 0.6 is 0 Å². The summed E-state index contributed by atoms with van der Waals surface area (Å²) in [7, 11) is 0. The molecular formula is C11H15N3O. The number of amides is 1. The Labute approximate surface area is 89.5 Å². The monoisotopic (exact) mass is 205 g/mol. The normalized spacial score (nSPS) is 8.27. The van der Waals surface area contributed by atoms with Gasteiger partial charge in [0.2, 0.25) is 0 Å². The van der Waals surface area contributed by atoms with Crippen LogP contribution in [0.5, 0.6) is 0 Å². The number of carbonyl (C=O) groups excluding carboxylic acids is 1. The van der Waals surface area contributed by atoms with Crippen molar-refractivity contribution in [2.75, 3.05) is 5.73 Å². The number of rotatable bonds is 2. The number of benzene rings is 1. The van der Waals surface area contributed by atoms with Gasteiger partial charge in [-0.25, -0.2) is 0 Å². The van der Waals surface area contributed by atoms with E-state index in [0.717, 1.165) is 6.42 Å². The number of para-hydroxylation sites is 1. The highest BCUT2D eigenvalue weighted by molar-refractivity contribution is 5.97. The zero-order valence-corrected chi connectivity index (χ0v) is 8.73. The van der Waals surface area contributed by atoms with Crippen LogP contribution in [0.25, 0.3) is 0 Å². The summed E-state index contributed by atoms with van der Waals surface area (Å²) >= 11 is 0. The summed E-state index contributed by atoms with van der Waals surface area (Å²) in [5.74, 6) is -0.488. The van der Waals surface area contributed by atoms with Crippen molar-refractivity contribution in [3.8, 4) is 6.07 Å². The smallest absolute Gasteiger partial charge is 0.250 e. The Hall–Kier alpha value is -2.02. The molecule has 4 N–H and O–H groups in total. The first-order valence-electron chi connectivity index (χ1n) is 4.64. The summed E-state index contributed by atoms with van der Waals surface area (Å²) in [5.41, 5.74) is 11.2. The van der Waals surface area contributed by atoms with Gasteiger partial charge in [-0.15, -0.1) is 0 Å². The fraction of sp³-hybridized carbons (Fsp3) is 0.273. The Morgan fingerprint density at radius 1 is 1.47 bits per heavy atom. The maximum Gasteiger partial charge on any atom is 0.250 e. The van der Waals surface area contributed by atoms with Crippen molar-refractivity contribution in [3.63, 3.8) is 0 Å². The van der Waals surface area contributed by atoms with E-state index in [2.05, 4.69) is 0 Å². The van der Waals surface area contributed by atoms with Gasteiger partial charge >= 0.3 is 0 Å². The molecule has 0 aliphatic heterocycles. The average Bonchev–Trinajstić information content (AvgIpc) is 2.20. The van der Waals surface area contributed by atoms with Crippen LogP contribution in [0.4, 0.5) is 5.69 Å². The number of unbranched alkanes of at least 4 members (excludes halogenated alkanes) is 1. The second-order valence-corrected chi connectivity index (χ2v) is 2.86. The maximum absolute atomic E-state index is 10.6. The summed E-state index contributed by atoms with van der Waals surface area (Å²) in [6, 6.07) is 8.72. The van der Waals surface area contributed by atoms with Gasteiger partial charge in [0.15, 0.2) is 0 Å². The Kier molecular flexibility index (Phi) is 6.39. The molecule has 0 unspecified atom stereocenters. The number of carbonyl (C=O) groups is 1. The SMILES string of the molecule is CCCC#N.NC(=O)c1ccccc1N. The second kappa shape index (κ2) is 7.39. The predicted octanol–water partition coefficient (Wildman–Crippen LogP) is 1.68. The van der Waals surface area contributed by atoms with Crippen LogP contribution in [0.15, 0.2) is 24.3 Å². The number of nitrogen functional groups attached to an aromatic ring is 1. The summed E-state index contributed by atoms with van der Waals surface area (Å²) in [6.07, 6.45) is 1.68. The van der Waals surface area contributed by atoms with Gasteiger partial charge in [0, 0.05) is 12.1 Å². The molecule has 0 fully saturated rings. The summed E-state index contributed by atoms with van der Waals surface area (Å²) in [4.78, 5) is 10.6. The third kappa shape index (κ3) is 5.32. The highest BCUT2D eigenvalue weighted by Gasteiger charge is 2.01. The van der Waals surface area contributed by atoms with Gasteiger partial charge in [0.05, 0.1) is 11.6 Å². The first-order valence-corrected chi connectivity index (χ1v) is 4.64. The molecule has 0 aliphatic rings. The Balaban J connectivity index is 0.000000336. The number of nitriles is 1. The lowest BCUT2D eigenvalue weighted by Crippen LogP contribution is -2.12. The van der Waals surface area contributed by atoms with Gasteiger partial charge in [-0.1, -0.05) is 19.1 Å². The van der Waals surface area contributed by atoms with E-state index in [-0.39, 0.29) is 0 Å². The third-order valence-corrected chi connectivity index (χ3v) is 1.59. The van der Waals surface area contributed by atoms with E-state index < -0.39 is 5.91 Å². The fourth-order valence-corrected chi connectivity index (χ4v) is 0.833. The molecule has 0 spiro atoms. The van der Waals surface area contributed by atoms with E-state index in [0.29, 0.717) is 17.7 Å². The lowest BCUT2D eigenvalue weighted by molar-refractivity contribution is 0.100. The van der Waals surface area contributed by atoms with E-state index in [9.17, 15) is 4.79 Å². The predicted molar refractivity (Wildman–Crippen MR) is 59.9 cm³/mol. The second-order valence-electron chi connectivity index (χ2n) is 2.86. The van der Waals surface area contributed by atoms with Crippen molar-refractivity contribution >= 4 is 11.6 Å². The van der Waals surface area contributed by atoms with Crippen molar-refractivity contribution in [2.45, 2.75) is 19.8 Å². The molecule has 15 heavy (non-hydrogen) atoms. The minimum Gasteiger partial charge on any atom is -0.398 e. The van der Waals surface area contributed by atoms with Gasteiger partial charge < -0.3 is 11.5 Å². The molecule has 80 valence electrons. The molecule has 1 amide bonds. The molecule has 4 nitrogen and oxygen atoms in total. The highest BCUT2D eigenvalue weighted by atomic mass is 16.1. The topological polar surface area (TPSA) is 92.9 Å². The quantitative estimate of drug-likeness (QED) is 0.719. The molecule has 4 heteroatoms. The van der Waals surface area contributed by atoms with Crippen molar-refractivity contribution in [1.82, 2.24) is 0 Å². The molecule has 0 saturated carbocycles. The van der Waals surface area contributed by atoms with Crippen LogP contribution in [0.2, 0.25) is 0 Å². The molecular weight excluding hydrogens is 190 g/mol. The van der Waals surface area contributed by atoms with Gasteiger partial charge in [0.25, 0.3) is 5.91 Å². The van der Waals surface area contributed by atoms with Crippen LogP contribution in [0.1, 0.15) is 30.1 Å². The maximum atomic E-state index is 10.6. The molecule has 1 aromatic rings. The van der Waals surface area contributed by atoms with Crippen molar-refractivity contribution in [3.05, 3.63) is 29.8 Å². The van der Waals surface area contributed by atoms with Gasteiger partial charge in [-0.2, -0.15) is 5.26 Å². The first kappa shape index (κ1) is 13.0. The van der Waals surface area contributed by atoms with E-state index in [1.54, 1.807) is 24.3 Å². The number of nitrogens with zero attached hydrogens (tertiary/aromatic N) is 1. The molecule has 0 bridgehead atoms. The lowest BCUT2D eigenvalue weighted by Gasteiger charge is -1.97. The fourth-order valence-electron chi connectivity index (χ4n) is 0.833. The summed E-state index contributed by atoms with van der Waals surface area (Å²) in [6.45, 7) is 1.99. The van der Waals surface area contributed by atoms with Gasteiger partial charge in [0.1, 0.15) is 0 Å². The van der Waals surface area contributed by atoms with Crippen LogP contribution < -0.4 is 11.5 Å². The number of nitrogens with two attached hydrogens (primary N) is 2. The molecule has 0 radical (unpaired) electrons.